The van der Waals surface area contributed by atoms with Crippen molar-refractivity contribution in [2.45, 2.75) is 25.1 Å². The maximum atomic E-state index is 12.1. The van der Waals surface area contributed by atoms with Crippen molar-refractivity contribution in [1.29, 1.82) is 0 Å². The average molecular weight is 336 g/mol. The molecular weight excluding hydrogens is 316 g/mol. The van der Waals surface area contributed by atoms with Gasteiger partial charge in [-0.3, -0.25) is 9.69 Å². The molecule has 7 heteroatoms. The summed E-state index contributed by atoms with van der Waals surface area (Å²) in [5.41, 5.74) is 0.274. The predicted octanol–water partition coefficient (Wildman–Crippen LogP) is 2.02. The van der Waals surface area contributed by atoms with Crippen LogP contribution < -0.4 is 14.8 Å². The molecule has 1 N–H and O–H groups in total. The molecule has 0 aliphatic carbocycles. The molecule has 0 saturated carbocycles. The van der Waals surface area contributed by atoms with E-state index in [1.807, 2.05) is 18.2 Å². The number of nitrogens with one attached hydrogen (secondary N) is 1. The van der Waals surface area contributed by atoms with E-state index in [0.717, 1.165) is 22.8 Å². The smallest absolute Gasteiger partial charge is 0.325 e. The fourth-order valence-electron chi connectivity index (χ4n) is 2.61. The highest BCUT2D eigenvalue weighted by Gasteiger charge is 2.43. The molecule has 1 aromatic rings. The van der Waals surface area contributed by atoms with Gasteiger partial charge in [-0.05, 0) is 19.9 Å². The van der Waals surface area contributed by atoms with E-state index in [1.54, 1.807) is 25.6 Å². The van der Waals surface area contributed by atoms with E-state index in [2.05, 4.69) is 5.32 Å². The van der Waals surface area contributed by atoms with E-state index in [0.29, 0.717) is 25.5 Å². The van der Waals surface area contributed by atoms with Crippen molar-refractivity contribution in [3.05, 3.63) is 23.8 Å². The fourth-order valence-corrected chi connectivity index (χ4v) is 3.51. The summed E-state index contributed by atoms with van der Waals surface area (Å²) in [7, 11) is 0. The molecule has 0 radical (unpaired) electrons. The van der Waals surface area contributed by atoms with Crippen LogP contribution in [-0.2, 0) is 10.5 Å². The van der Waals surface area contributed by atoms with Gasteiger partial charge < -0.3 is 14.8 Å². The van der Waals surface area contributed by atoms with Gasteiger partial charge in [0.25, 0.3) is 5.91 Å². The molecule has 1 aromatic carbocycles. The number of amides is 3. The second-order valence-electron chi connectivity index (χ2n) is 6.01. The number of nitrogens with zero attached hydrogens (tertiary/aromatic N) is 1. The van der Waals surface area contributed by atoms with Crippen molar-refractivity contribution < 1.29 is 19.1 Å². The Kier molecular flexibility index (Phi) is 4.39. The number of para-hydroxylation sites is 1. The zero-order valence-electron chi connectivity index (χ0n) is 13.3. The minimum Gasteiger partial charge on any atom is -0.486 e. The maximum Gasteiger partial charge on any atom is 0.325 e. The van der Waals surface area contributed by atoms with Crippen molar-refractivity contribution in [2.75, 3.05) is 25.5 Å². The molecule has 1 saturated heterocycles. The second-order valence-corrected chi connectivity index (χ2v) is 7.11. The highest BCUT2D eigenvalue weighted by Crippen LogP contribution is 2.35. The summed E-state index contributed by atoms with van der Waals surface area (Å²) in [5, 5.41) is 2.68. The molecular formula is C16H20N2O4S. The van der Waals surface area contributed by atoms with Gasteiger partial charge in [0.2, 0.25) is 0 Å². The number of thioether (sulfide) groups is 1. The highest BCUT2D eigenvalue weighted by atomic mass is 32.2. The van der Waals surface area contributed by atoms with Gasteiger partial charge >= 0.3 is 6.03 Å². The number of hydrogen-bond acceptors (Lipinski definition) is 5. The van der Waals surface area contributed by atoms with Crippen LogP contribution in [0, 0.1) is 0 Å². The van der Waals surface area contributed by atoms with E-state index in [-0.39, 0.29) is 11.9 Å². The Balaban J connectivity index is 1.53. The summed E-state index contributed by atoms with van der Waals surface area (Å²) in [4.78, 5) is 25.2. The molecule has 2 aliphatic heterocycles. The summed E-state index contributed by atoms with van der Waals surface area (Å²) in [6, 6.07) is 5.55. The van der Waals surface area contributed by atoms with E-state index in [9.17, 15) is 9.59 Å². The molecule has 2 aliphatic rings. The SMILES string of the molecule is CC1(C)NC(=O)N(CCSCc2cccc3c2OCCO3)C1=O. The minimum absolute atomic E-state index is 0.170. The van der Waals surface area contributed by atoms with Gasteiger partial charge in [0.15, 0.2) is 11.5 Å². The molecule has 0 atom stereocenters. The fraction of sp³-hybridized carbons (Fsp3) is 0.500. The van der Waals surface area contributed by atoms with Gasteiger partial charge in [-0.1, -0.05) is 12.1 Å². The van der Waals surface area contributed by atoms with Crippen LogP contribution in [0.5, 0.6) is 11.5 Å². The number of rotatable bonds is 5. The average Bonchev–Trinajstić information content (AvgIpc) is 2.72. The number of ether oxygens (including phenoxy) is 2. The Labute approximate surface area is 139 Å². The Morgan fingerprint density at radius 2 is 2.04 bits per heavy atom. The van der Waals surface area contributed by atoms with Crippen LogP contribution in [0.1, 0.15) is 19.4 Å². The van der Waals surface area contributed by atoms with E-state index < -0.39 is 5.54 Å². The van der Waals surface area contributed by atoms with Crippen LogP contribution in [0.3, 0.4) is 0 Å². The lowest BCUT2D eigenvalue weighted by Gasteiger charge is -2.21. The van der Waals surface area contributed by atoms with Gasteiger partial charge in [-0.25, -0.2) is 4.79 Å². The normalized spacial score (nSPS) is 19.0. The first kappa shape index (κ1) is 16.0. The van der Waals surface area contributed by atoms with Crippen LogP contribution in [-0.4, -0.2) is 47.9 Å². The number of hydrogen-bond donors (Lipinski definition) is 1. The number of imide groups is 1. The van der Waals surface area contributed by atoms with Crippen molar-refractivity contribution in [2.24, 2.45) is 0 Å². The third-order valence-corrected chi connectivity index (χ3v) is 4.80. The van der Waals surface area contributed by atoms with E-state index in [1.165, 1.54) is 4.90 Å². The van der Waals surface area contributed by atoms with Crippen LogP contribution in [0.25, 0.3) is 0 Å². The molecule has 2 heterocycles. The molecule has 0 aromatic heterocycles. The van der Waals surface area contributed by atoms with Crippen LogP contribution in [0.2, 0.25) is 0 Å². The molecule has 0 bridgehead atoms. The number of urea groups is 1. The topological polar surface area (TPSA) is 67.9 Å². The zero-order valence-corrected chi connectivity index (χ0v) is 14.1. The van der Waals surface area contributed by atoms with Gasteiger partial charge in [-0.2, -0.15) is 11.8 Å². The largest absolute Gasteiger partial charge is 0.486 e. The summed E-state index contributed by atoms with van der Waals surface area (Å²) < 4.78 is 11.2. The van der Waals surface area contributed by atoms with Crippen molar-refractivity contribution in [3.63, 3.8) is 0 Å². The van der Waals surface area contributed by atoms with Crippen molar-refractivity contribution in [1.82, 2.24) is 10.2 Å². The number of carbonyl (C=O) groups excluding carboxylic acids is 2. The second kappa shape index (κ2) is 6.31. The van der Waals surface area contributed by atoms with Gasteiger partial charge in [-0.15, -0.1) is 0 Å². The monoisotopic (exact) mass is 336 g/mol. The lowest BCUT2D eigenvalue weighted by atomic mass is 10.1. The lowest BCUT2D eigenvalue weighted by molar-refractivity contribution is -0.130. The van der Waals surface area contributed by atoms with Crippen molar-refractivity contribution >= 4 is 23.7 Å². The standard InChI is InChI=1S/C16H20N2O4S/c1-16(2)14(19)18(15(20)17-16)6-9-23-10-11-4-3-5-12-13(11)22-8-7-21-12/h3-5H,6-10H2,1-2H3,(H,17,20). The highest BCUT2D eigenvalue weighted by molar-refractivity contribution is 7.98. The predicted molar refractivity (Wildman–Crippen MR) is 87.9 cm³/mol. The van der Waals surface area contributed by atoms with Gasteiger partial charge in [0, 0.05) is 23.6 Å². The van der Waals surface area contributed by atoms with Crippen LogP contribution in [0.4, 0.5) is 4.79 Å². The lowest BCUT2D eigenvalue weighted by Crippen LogP contribution is -2.40. The molecule has 6 nitrogen and oxygen atoms in total. The van der Waals surface area contributed by atoms with Crippen LogP contribution >= 0.6 is 11.8 Å². The van der Waals surface area contributed by atoms with Gasteiger partial charge in [0.1, 0.15) is 18.8 Å². The first-order valence-corrected chi connectivity index (χ1v) is 8.74. The maximum absolute atomic E-state index is 12.1. The molecule has 124 valence electrons. The Morgan fingerprint density at radius 1 is 1.26 bits per heavy atom. The van der Waals surface area contributed by atoms with E-state index in [4.69, 9.17) is 9.47 Å². The van der Waals surface area contributed by atoms with Crippen molar-refractivity contribution in [3.8, 4) is 11.5 Å². The number of carbonyl (C=O) groups is 2. The minimum atomic E-state index is -0.800. The quantitative estimate of drug-likeness (QED) is 0.658. The third kappa shape index (κ3) is 3.24. The molecule has 0 spiro atoms. The summed E-state index contributed by atoms with van der Waals surface area (Å²) in [5.74, 6) is 2.85. The van der Waals surface area contributed by atoms with Gasteiger partial charge in [0.05, 0.1) is 0 Å². The molecule has 3 rings (SSSR count). The summed E-state index contributed by atoms with van der Waals surface area (Å²) in [6.07, 6.45) is 0. The molecule has 0 unspecified atom stereocenters. The zero-order chi connectivity index (χ0) is 16.4. The Hall–Kier alpha value is -1.89. The number of benzene rings is 1. The first-order chi connectivity index (χ1) is 11.0. The van der Waals surface area contributed by atoms with Crippen LogP contribution in [0.15, 0.2) is 18.2 Å². The molecule has 3 amide bonds. The molecule has 23 heavy (non-hydrogen) atoms. The Bertz CT molecular complexity index is 633. The first-order valence-electron chi connectivity index (χ1n) is 7.58. The molecule has 1 fully saturated rings. The van der Waals surface area contributed by atoms with E-state index >= 15 is 0 Å². The summed E-state index contributed by atoms with van der Waals surface area (Å²) >= 11 is 1.66. The third-order valence-electron chi connectivity index (χ3n) is 3.81. The summed E-state index contributed by atoms with van der Waals surface area (Å²) in [6.45, 7) is 4.98. The number of fused-ring (bicyclic) bond motifs is 1. The Morgan fingerprint density at radius 3 is 2.78 bits per heavy atom.